The van der Waals surface area contributed by atoms with Crippen LogP contribution in [0.15, 0.2) is 48.8 Å². The Hall–Kier alpha value is -2.60. The van der Waals surface area contributed by atoms with Crippen molar-refractivity contribution in [3.05, 3.63) is 65.2 Å². The molecule has 0 saturated heterocycles. The average Bonchev–Trinajstić information content (AvgIpc) is 3.01. The summed E-state index contributed by atoms with van der Waals surface area (Å²) in [4.78, 5) is 12.4. The number of benzene rings is 1. The number of fused-ring (bicyclic) bond motifs is 1. The first kappa shape index (κ1) is 15.9. The van der Waals surface area contributed by atoms with Crippen LogP contribution in [0.4, 0.5) is 4.39 Å². The Bertz CT molecular complexity index is 937. The SMILES string of the molecule is O=C(NC1CC(Oc2cccc(F)c2Cl)C1)c1cnn2ccccc12. The molecule has 1 aromatic carbocycles. The first-order valence-electron chi connectivity index (χ1n) is 7.95. The van der Waals surface area contributed by atoms with Gasteiger partial charge in [-0.05, 0) is 24.3 Å². The summed E-state index contributed by atoms with van der Waals surface area (Å²) in [6, 6.07) is 10.1. The summed E-state index contributed by atoms with van der Waals surface area (Å²) in [5, 5.41) is 7.12. The Morgan fingerprint density at radius 2 is 2.12 bits per heavy atom. The number of halogens is 2. The van der Waals surface area contributed by atoms with Crippen molar-refractivity contribution >= 4 is 23.0 Å². The molecule has 1 aliphatic rings. The van der Waals surface area contributed by atoms with E-state index in [9.17, 15) is 9.18 Å². The maximum absolute atomic E-state index is 13.4. The number of hydrogen-bond donors (Lipinski definition) is 1. The van der Waals surface area contributed by atoms with Crippen molar-refractivity contribution in [2.75, 3.05) is 0 Å². The minimum atomic E-state index is -0.503. The zero-order valence-electron chi connectivity index (χ0n) is 13.2. The van der Waals surface area contributed by atoms with E-state index in [1.54, 1.807) is 29.0 Å². The minimum absolute atomic E-state index is 0.0126. The van der Waals surface area contributed by atoms with Gasteiger partial charge in [-0.1, -0.05) is 23.7 Å². The summed E-state index contributed by atoms with van der Waals surface area (Å²) < 4.78 is 20.8. The number of ether oxygens (including phenoxy) is 1. The van der Waals surface area contributed by atoms with Crippen LogP contribution >= 0.6 is 11.6 Å². The fraction of sp³-hybridized carbons (Fsp3) is 0.222. The van der Waals surface area contributed by atoms with E-state index in [2.05, 4.69) is 10.4 Å². The summed E-state index contributed by atoms with van der Waals surface area (Å²) in [6.45, 7) is 0. The molecule has 1 amide bonds. The topological polar surface area (TPSA) is 55.6 Å². The van der Waals surface area contributed by atoms with Gasteiger partial charge >= 0.3 is 0 Å². The Morgan fingerprint density at radius 3 is 2.96 bits per heavy atom. The van der Waals surface area contributed by atoms with E-state index in [1.807, 2.05) is 18.2 Å². The molecule has 2 aromatic heterocycles. The molecule has 2 heterocycles. The van der Waals surface area contributed by atoms with Crippen LogP contribution in [0.2, 0.25) is 5.02 Å². The van der Waals surface area contributed by atoms with Gasteiger partial charge < -0.3 is 10.1 Å². The van der Waals surface area contributed by atoms with Crippen LogP contribution in [0.5, 0.6) is 5.75 Å². The molecule has 3 aromatic rings. The number of amides is 1. The highest BCUT2D eigenvalue weighted by atomic mass is 35.5. The lowest BCUT2D eigenvalue weighted by Crippen LogP contribution is -2.49. The number of carbonyl (C=O) groups is 1. The normalized spacial score (nSPS) is 19.4. The van der Waals surface area contributed by atoms with Crippen LogP contribution in [0.1, 0.15) is 23.2 Å². The summed E-state index contributed by atoms with van der Waals surface area (Å²) >= 11 is 5.88. The van der Waals surface area contributed by atoms with Crippen molar-refractivity contribution in [1.29, 1.82) is 0 Å². The van der Waals surface area contributed by atoms with Crippen LogP contribution in [0.25, 0.3) is 5.52 Å². The van der Waals surface area contributed by atoms with Crippen LogP contribution in [0.3, 0.4) is 0 Å². The smallest absolute Gasteiger partial charge is 0.255 e. The minimum Gasteiger partial charge on any atom is -0.489 e. The number of nitrogens with one attached hydrogen (secondary N) is 1. The summed E-state index contributed by atoms with van der Waals surface area (Å²) in [7, 11) is 0. The predicted molar refractivity (Wildman–Crippen MR) is 91.5 cm³/mol. The van der Waals surface area contributed by atoms with Crippen molar-refractivity contribution in [2.45, 2.75) is 25.0 Å². The van der Waals surface area contributed by atoms with Gasteiger partial charge in [0.05, 0.1) is 17.3 Å². The van der Waals surface area contributed by atoms with E-state index in [1.165, 1.54) is 6.07 Å². The predicted octanol–water partition coefficient (Wildman–Crippen LogP) is 3.47. The highest BCUT2D eigenvalue weighted by Crippen LogP contribution is 2.32. The van der Waals surface area contributed by atoms with Gasteiger partial charge in [-0.3, -0.25) is 4.79 Å². The molecule has 0 unspecified atom stereocenters. The quantitative estimate of drug-likeness (QED) is 0.776. The van der Waals surface area contributed by atoms with Crippen molar-refractivity contribution in [1.82, 2.24) is 14.9 Å². The molecule has 0 atom stereocenters. The Morgan fingerprint density at radius 1 is 1.28 bits per heavy atom. The number of rotatable bonds is 4. The Labute approximate surface area is 148 Å². The second-order valence-electron chi connectivity index (χ2n) is 6.02. The van der Waals surface area contributed by atoms with E-state index < -0.39 is 5.82 Å². The highest BCUT2D eigenvalue weighted by molar-refractivity contribution is 6.32. The maximum atomic E-state index is 13.4. The molecule has 0 radical (unpaired) electrons. The molecule has 128 valence electrons. The van der Waals surface area contributed by atoms with Gasteiger partial charge in [-0.15, -0.1) is 0 Å². The first-order chi connectivity index (χ1) is 12.1. The van der Waals surface area contributed by atoms with Gasteiger partial charge in [0.25, 0.3) is 5.91 Å². The molecule has 0 bridgehead atoms. The lowest BCUT2D eigenvalue weighted by atomic mass is 9.89. The summed E-state index contributed by atoms with van der Waals surface area (Å²) in [5.41, 5.74) is 1.30. The monoisotopic (exact) mass is 359 g/mol. The number of nitrogens with zero attached hydrogens (tertiary/aromatic N) is 2. The van der Waals surface area contributed by atoms with Crippen molar-refractivity contribution < 1.29 is 13.9 Å². The molecular formula is C18H15ClFN3O2. The van der Waals surface area contributed by atoms with E-state index in [-0.39, 0.29) is 23.1 Å². The standard InChI is InChI=1S/C18H15ClFN3O2/c19-17-14(20)4-3-6-16(17)25-12-8-11(9-12)22-18(24)13-10-21-23-7-2-1-5-15(13)23/h1-7,10-12H,8-9H2,(H,22,24). The molecule has 4 rings (SSSR count). The Kier molecular flexibility index (Phi) is 4.05. The van der Waals surface area contributed by atoms with Crippen LogP contribution < -0.4 is 10.1 Å². The van der Waals surface area contributed by atoms with Gasteiger partial charge in [0.2, 0.25) is 0 Å². The van der Waals surface area contributed by atoms with Crippen molar-refractivity contribution in [3.8, 4) is 5.75 Å². The molecule has 5 nitrogen and oxygen atoms in total. The summed E-state index contributed by atoms with van der Waals surface area (Å²) in [5.74, 6) is -0.330. The highest BCUT2D eigenvalue weighted by Gasteiger charge is 2.33. The third-order valence-electron chi connectivity index (χ3n) is 4.31. The first-order valence-corrected chi connectivity index (χ1v) is 8.33. The second kappa shape index (κ2) is 6.37. The molecule has 1 aliphatic carbocycles. The lowest BCUT2D eigenvalue weighted by molar-refractivity contribution is 0.0701. The van der Waals surface area contributed by atoms with Crippen LogP contribution in [-0.2, 0) is 0 Å². The zero-order chi connectivity index (χ0) is 17.4. The molecule has 25 heavy (non-hydrogen) atoms. The van der Waals surface area contributed by atoms with Gasteiger partial charge in [0, 0.05) is 25.1 Å². The molecular weight excluding hydrogens is 345 g/mol. The Balaban J connectivity index is 1.35. The molecule has 1 saturated carbocycles. The zero-order valence-corrected chi connectivity index (χ0v) is 13.9. The largest absolute Gasteiger partial charge is 0.489 e. The fourth-order valence-corrected chi connectivity index (χ4v) is 3.08. The fourth-order valence-electron chi connectivity index (χ4n) is 2.91. The van der Waals surface area contributed by atoms with E-state index in [0.29, 0.717) is 24.2 Å². The number of carbonyl (C=O) groups excluding carboxylic acids is 1. The van der Waals surface area contributed by atoms with E-state index >= 15 is 0 Å². The van der Waals surface area contributed by atoms with Gasteiger partial charge in [-0.25, -0.2) is 8.91 Å². The van der Waals surface area contributed by atoms with Crippen LogP contribution in [-0.4, -0.2) is 27.7 Å². The van der Waals surface area contributed by atoms with Gasteiger partial charge in [0.1, 0.15) is 22.7 Å². The third-order valence-corrected chi connectivity index (χ3v) is 4.68. The number of aromatic nitrogens is 2. The molecule has 1 N–H and O–H groups in total. The summed E-state index contributed by atoms with van der Waals surface area (Å²) in [6.07, 6.45) is 4.56. The number of hydrogen-bond acceptors (Lipinski definition) is 3. The van der Waals surface area contributed by atoms with E-state index in [0.717, 1.165) is 5.52 Å². The molecule has 1 fully saturated rings. The number of pyridine rings is 1. The molecule has 0 aliphatic heterocycles. The van der Waals surface area contributed by atoms with Crippen molar-refractivity contribution in [3.63, 3.8) is 0 Å². The van der Waals surface area contributed by atoms with Gasteiger partial charge in [-0.2, -0.15) is 5.10 Å². The average molecular weight is 360 g/mol. The van der Waals surface area contributed by atoms with E-state index in [4.69, 9.17) is 16.3 Å². The van der Waals surface area contributed by atoms with Gasteiger partial charge in [0.15, 0.2) is 0 Å². The third kappa shape index (κ3) is 3.05. The van der Waals surface area contributed by atoms with Crippen molar-refractivity contribution in [2.24, 2.45) is 0 Å². The maximum Gasteiger partial charge on any atom is 0.255 e. The second-order valence-corrected chi connectivity index (χ2v) is 6.40. The molecule has 7 heteroatoms. The molecule has 0 spiro atoms. The lowest BCUT2D eigenvalue weighted by Gasteiger charge is -2.35. The van der Waals surface area contributed by atoms with Crippen LogP contribution in [0, 0.1) is 5.82 Å².